The average molecular weight is 294 g/mol. The molecule has 0 heterocycles. The highest BCUT2D eigenvalue weighted by Crippen LogP contribution is 2.26. The molecule has 0 aliphatic heterocycles. The summed E-state index contributed by atoms with van der Waals surface area (Å²) in [5, 5.41) is 0. The number of carbonyl (C=O) groups excluding carboxylic acids is 2. The molecule has 0 saturated heterocycles. The van der Waals surface area contributed by atoms with Gasteiger partial charge in [0.05, 0.1) is 6.04 Å². The maximum atomic E-state index is 13.2. The second kappa shape index (κ2) is 6.33. The van der Waals surface area contributed by atoms with E-state index in [4.69, 9.17) is 11.5 Å². The zero-order chi connectivity index (χ0) is 15.4. The first-order valence-electron chi connectivity index (χ1n) is 5.26. The fourth-order valence-corrected chi connectivity index (χ4v) is 1.24. The minimum atomic E-state index is -1.77. The van der Waals surface area contributed by atoms with E-state index in [1.165, 1.54) is 0 Å². The number of nitrogens with two attached hydrogens (primary N) is 2. The van der Waals surface area contributed by atoms with Crippen LogP contribution in [-0.2, 0) is 9.59 Å². The molecule has 0 aliphatic carbocycles. The van der Waals surface area contributed by atoms with Crippen LogP contribution >= 0.6 is 0 Å². The Morgan fingerprint density at radius 3 is 2.10 bits per heavy atom. The minimum Gasteiger partial charge on any atom is -0.480 e. The number of benzene rings is 1. The minimum absolute atomic E-state index is 0.00233. The van der Waals surface area contributed by atoms with Crippen LogP contribution in [0, 0.1) is 23.3 Å². The van der Waals surface area contributed by atoms with Gasteiger partial charge in [0.15, 0.2) is 23.2 Å². The Morgan fingerprint density at radius 1 is 1.15 bits per heavy atom. The highest BCUT2D eigenvalue weighted by atomic mass is 19.2. The first-order chi connectivity index (χ1) is 9.23. The van der Waals surface area contributed by atoms with Gasteiger partial charge >= 0.3 is 0 Å². The summed E-state index contributed by atoms with van der Waals surface area (Å²) in [5.74, 6) is -10.00. The highest BCUT2D eigenvalue weighted by Gasteiger charge is 2.22. The van der Waals surface area contributed by atoms with Gasteiger partial charge in [-0.2, -0.15) is 8.78 Å². The van der Waals surface area contributed by atoms with Crippen LogP contribution in [0.4, 0.5) is 17.6 Å². The van der Waals surface area contributed by atoms with E-state index in [0.717, 1.165) is 0 Å². The van der Waals surface area contributed by atoms with Crippen LogP contribution in [0.2, 0.25) is 0 Å². The molecule has 5 nitrogen and oxygen atoms in total. The van der Waals surface area contributed by atoms with Crippen molar-refractivity contribution in [2.45, 2.75) is 12.5 Å². The van der Waals surface area contributed by atoms with E-state index in [1.807, 2.05) is 0 Å². The number of hydrogen-bond acceptors (Lipinski definition) is 4. The Balaban J connectivity index is 2.76. The first-order valence-corrected chi connectivity index (χ1v) is 5.26. The second-order valence-corrected chi connectivity index (χ2v) is 3.84. The van der Waals surface area contributed by atoms with E-state index in [-0.39, 0.29) is 6.07 Å². The van der Waals surface area contributed by atoms with E-state index >= 15 is 0 Å². The van der Waals surface area contributed by atoms with Gasteiger partial charge in [-0.25, -0.2) is 8.78 Å². The van der Waals surface area contributed by atoms with Crippen molar-refractivity contribution in [2.24, 2.45) is 11.5 Å². The lowest BCUT2D eigenvalue weighted by molar-refractivity contribution is -0.126. The van der Waals surface area contributed by atoms with Crippen molar-refractivity contribution in [1.29, 1.82) is 0 Å². The third-order valence-electron chi connectivity index (χ3n) is 2.26. The van der Waals surface area contributed by atoms with Crippen molar-refractivity contribution in [1.82, 2.24) is 0 Å². The molecule has 1 amide bonds. The Morgan fingerprint density at radius 2 is 1.65 bits per heavy atom. The summed E-state index contributed by atoms with van der Waals surface area (Å²) in [4.78, 5) is 21.9. The van der Waals surface area contributed by atoms with Crippen LogP contribution in [0.5, 0.6) is 5.75 Å². The zero-order valence-corrected chi connectivity index (χ0v) is 9.96. The fraction of sp³-hybridized carbons (Fsp3) is 0.273. The fourth-order valence-electron chi connectivity index (χ4n) is 1.24. The normalized spacial score (nSPS) is 12.1. The summed E-state index contributed by atoms with van der Waals surface area (Å²) in [6.07, 6.45) is -0.531. The Kier molecular flexibility index (Phi) is 5.03. The quantitative estimate of drug-likeness (QED) is 0.586. The van der Waals surface area contributed by atoms with Crippen LogP contribution in [0.3, 0.4) is 0 Å². The lowest BCUT2D eigenvalue weighted by Gasteiger charge is -2.10. The maximum Gasteiger partial charge on any atom is 0.234 e. The van der Waals surface area contributed by atoms with E-state index in [9.17, 15) is 27.2 Å². The van der Waals surface area contributed by atoms with Crippen LogP contribution in [-0.4, -0.2) is 24.3 Å². The molecule has 0 radical (unpaired) electrons. The van der Waals surface area contributed by atoms with Crippen molar-refractivity contribution in [2.75, 3.05) is 6.61 Å². The maximum absolute atomic E-state index is 13.2. The summed E-state index contributed by atoms with van der Waals surface area (Å²) in [6, 6.07) is -1.28. The van der Waals surface area contributed by atoms with Crippen molar-refractivity contribution in [3.63, 3.8) is 0 Å². The van der Waals surface area contributed by atoms with Crippen LogP contribution in [0.15, 0.2) is 6.07 Å². The summed E-state index contributed by atoms with van der Waals surface area (Å²) in [5.41, 5.74) is 9.98. The lowest BCUT2D eigenvalue weighted by Crippen LogP contribution is -2.39. The molecule has 0 spiro atoms. The smallest absolute Gasteiger partial charge is 0.234 e. The zero-order valence-electron chi connectivity index (χ0n) is 9.96. The van der Waals surface area contributed by atoms with Gasteiger partial charge in [-0.3, -0.25) is 9.59 Å². The largest absolute Gasteiger partial charge is 0.480 e. The number of ketones is 1. The van der Waals surface area contributed by atoms with Crippen LogP contribution < -0.4 is 16.2 Å². The SMILES string of the molecule is NC(=O)C(N)CC(=O)COc1c(F)c(F)cc(F)c1F. The van der Waals surface area contributed by atoms with Gasteiger partial charge in [0.2, 0.25) is 17.5 Å². The Labute approximate surface area is 110 Å². The molecule has 4 N–H and O–H groups in total. The summed E-state index contributed by atoms with van der Waals surface area (Å²) in [6.45, 7) is -0.919. The molecule has 1 atom stereocenters. The summed E-state index contributed by atoms with van der Waals surface area (Å²) in [7, 11) is 0. The highest BCUT2D eigenvalue weighted by molar-refractivity contribution is 5.88. The molecule has 110 valence electrons. The monoisotopic (exact) mass is 294 g/mol. The van der Waals surface area contributed by atoms with Gasteiger partial charge in [0.1, 0.15) is 6.61 Å². The molecule has 0 aromatic heterocycles. The predicted octanol–water partition coefficient (Wildman–Crippen LogP) is 0.394. The van der Waals surface area contributed by atoms with Crippen molar-refractivity contribution in [3.05, 3.63) is 29.3 Å². The van der Waals surface area contributed by atoms with Gasteiger partial charge in [0, 0.05) is 12.5 Å². The van der Waals surface area contributed by atoms with Gasteiger partial charge in [-0.1, -0.05) is 0 Å². The topological polar surface area (TPSA) is 95.4 Å². The molecule has 20 heavy (non-hydrogen) atoms. The van der Waals surface area contributed by atoms with Crippen molar-refractivity contribution < 1.29 is 31.9 Å². The predicted molar refractivity (Wildman–Crippen MR) is 58.6 cm³/mol. The van der Waals surface area contributed by atoms with Crippen molar-refractivity contribution >= 4 is 11.7 Å². The molecule has 1 rings (SSSR count). The first kappa shape index (κ1) is 15.9. The van der Waals surface area contributed by atoms with E-state index in [1.54, 1.807) is 0 Å². The van der Waals surface area contributed by atoms with Crippen LogP contribution in [0.25, 0.3) is 0 Å². The van der Waals surface area contributed by atoms with E-state index < -0.39 is 59.8 Å². The number of rotatable bonds is 6. The Bertz CT molecular complexity index is 525. The third-order valence-corrected chi connectivity index (χ3v) is 2.26. The number of ether oxygens (including phenoxy) is 1. The molecule has 0 aliphatic rings. The molecule has 1 unspecified atom stereocenters. The molecule has 0 saturated carbocycles. The number of hydrogen-bond donors (Lipinski definition) is 2. The van der Waals surface area contributed by atoms with E-state index in [2.05, 4.69) is 4.74 Å². The number of carbonyl (C=O) groups is 2. The van der Waals surface area contributed by atoms with E-state index in [0.29, 0.717) is 0 Å². The van der Waals surface area contributed by atoms with Crippen molar-refractivity contribution in [3.8, 4) is 5.75 Å². The van der Waals surface area contributed by atoms with Gasteiger partial charge < -0.3 is 16.2 Å². The second-order valence-electron chi connectivity index (χ2n) is 3.84. The number of amides is 1. The molecule has 0 fully saturated rings. The standard InChI is InChI=1S/C11H10F4N2O3/c12-5-2-6(13)9(15)10(8(5)14)20-3-4(18)1-7(16)11(17)19/h2,7H,1,3,16H2,(H2,17,19). The Hall–Kier alpha value is -2.16. The number of halogens is 4. The summed E-state index contributed by atoms with van der Waals surface area (Å²) < 4.78 is 56.4. The molecular formula is C11H10F4N2O3. The molecule has 1 aromatic rings. The number of Topliss-reactive ketones (excluding diaryl/α,β-unsaturated/α-hetero) is 1. The lowest BCUT2D eigenvalue weighted by atomic mass is 10.1. The summed E-state index contributed by atoms with van der Waals surface area (Å²) >= 11 is 0. The molecule has 1 aromatic carbocycles. The molecule has 9 heteroatoms. The molecular weight excluding hydrogens is 284 g/mol. The van der Waals surface area contributed by atoms with Crippen LogP contribution in [0.1, 0.15) is 6.42 Å². The third kappa shape index (κ3) is 3.67. The molecule has 0 bridgehead atoms. The number of primary amides is 1. The average Bonchev–Trinajstić information content (AvgIpc) is 2.36. The van der Waals surface area contributed by atoms with Gasteiger partial charge in [0.25, 0.3) is 0 Å². The van der Waals surface area contributed by atoms with Gasteiger partial charge in [-0.05, 0) is 0 Å². The van der Waals surface area contributed by atoms with Gasteiger partial charge in [-0.15, -0.1) is 0 Å².